The van der Waals surface area contributed by atoms with Gasteiger partial charge in [-0.3, -0.25) is 0 Å². The maximum absolute atomic E-state index is 14.9. The van der Waals surface area contributed by atoms with Crippen LogP contribution >= 0.6 is 0 Å². The van der Waals surface area contributed by atoms with E-state index in [1.165, 1.54) is 25.3 Å². The SMILES string of the molecule is C=C(/C=C(/F)C(=C)OC)COC1CCC(c2ccc(-c3ccc(O)cc3)c(F)c2F)CC1. The number of halogens is 3. The predicted octanol–water partition coefficient (Wildman–Crippen LogP) is 6.95. The number of hydrogen-bond acceptors (Lipinski definition) is 3. The minimum atomic E-state index is -0.880. The third-order valence-electron chi connectivity index (χ3n) is 5.75. The van der Waals surface area contributed by atoms with Crippen molar-refractivity contribution in [2.24, 2.45) is 0 Å². The predicted molar refractivity (Wildman–Crippen MR) is 119 cm³/mol. The Kier molecular flexibility index (Phi) is 7.80. The molecule has 1 fully saturated rings. The number of methoxy groups -OCH3 is 1. The number of allylic oxidation sites excluding steroid dienone is 1. The van der Waals surface area contributed by atoms with E-state index in [1.807, 2.05) is 0 Å². The Bertz CT molecular complexity index is 1000. The first kappa shape index (κ1) is 23.7. The number of phenolic OH excluding ortho intramolecular Hbond substituents is 1. The minimum absolute atomic E-state index is 0.0470. The molecule has 0 unspecified atom stereocenters. The van der Waals surface area contributed by atoms with Crippen LogP contribution in [0.1, 0.15) is 37.2 Å². The Balaban J connectivity index is 1.58. The van der Waals surface area contributed by atoms with Gasteiger partial charge in [-0.25, -0.2) is 13.2 Å². The van der Waals surface area contributed by atoms with E-state index in [2.05, 4.69) is 13.2 Å². The average molecular weight is 444 g/mol. The van der Waals surface area contributed by atoms with Crippen LogP contribution in [0.3, 0.4) is 0 Å². The molecule has 1 aliphatic carbocycles. The Morgan fingerprint density at radius 1 is 1.03 bits per heavy atom. The normalized spacial score (nSPS) is 18.9. The summed E-state index contributed by atoms with van der Waals surface area (Å²) in [5, 5.41) is 9.39. The number of phenols is 1. The Hall–Kier alpha value is -2.99. The van der Waals surface area contributed by atoms with Gasteiger partial charge in [-0.05, 0) is 66.5 Å². The maximum Gasteiger partial charge on any atom is 0.166 e. The second-order valence-corrected chi connectivity index (χ2v) is 7.94. The highest BCUT2D eigenvalue weighted by molar-refractivity contribution is 5.65. The highest BCUT2D eigenvalue weighted by Gasteiger charge is 2.27. The fourth-order valence-corrected chi connectivity index (χ4v) is 3.91. The van der Waals surface area contributed by atoms with Gasteiger partial charge in [-0.2, -0.15) is 0 Å². The summed E-state index contributed by atoms with van der Waals surface area (Å²) < 4.78 is 53.9. The molecule has 0 amide bonds. The molecule has 3 nitrogen and oxygen atoms in total. The molecule has 0 spiro atoms. The summed E-state index contributed by atoms with van der Waals surface area (Å²) in [6, 6.07) is 9.21. The van der Waals surface area contributed by atoms with E-state index in [9.17, 15) is 18.3 Å². The van der Waals surface area contributed by atoms with E-state index in [1.54, 1.807) is 24.3 Å². The van der Waals surface area contributed by atoms with Gasteiger partial charge in [0.15, 0.2) is 17.5 Å². The molecule has 1 saturated carbocycles. The van der Waals surface area contributed by atoms with Gasteiger partial charge in [-0.15, -0.1) is 0 Å². The van der Waals surface area contributed by atoms with E-state index in [0.717, 1.165) is 0 Å². The lowest BCUT2D eigenvalue weighted by Gasteiger charge is -2.29. The lowest BCUT2D eigenvalue weighted by molar-refractivity contribution is 0.0393. The molecule has 2 aromatic rings. The van der Waals surface area contributed by atoms with Crippen LogP contribution in [-0.2, 0) is 9.47 Å². The zero-order valence-corrected chi connectivity index (χ0v) is 18.0. The molecule has 1 aliphatic rings. The summed E-state index contributed by atoms with van der Waals surface area (Å²) in [4.78, 5) is 0. The Morgan fingerprint density at radius 2 is 1.69 bits per heavy atom. The molecular weight excluding hydrogens is 417 g/mol. The van der Waals surface area contributed by atoms with Crippen molar-refractivity contribution in [2.75, 3.05) is 13.7 Å². The second kappa shape index (κ2) is 10.6. The smallest absolute Gasteiger partial charge is 0.166 e. The topological polar surface area (TPSA) is 38.7 Å². The quantitative estimate of drug-likeness (QED) is 0.354. The lowest BCUT2D eigenvalue weighted by Crippen LogP contribution is -2.22. The van der Waals surface area contributed by atoms with Crippen molar-refractivity contribution in [1.29, 1.82) is 0 Å². The number of rotatable bonds is 8. The first-order valence-electron chi connectivity index (χ1n) is 10.5. The highest BCUT2D eigenvalue weighted by Crippen LogP contribution is 2.38. The zero-order valence-electron chi connectivity index (χ0n) is 18.0. The summed E-state index contributed by atoms with van der Waals surface area (Å²) in [6.07, 6.45) is 3.89. The van der Waals surface area contributed by atoms with Gasteiger partial charge in [0.2, 0.25) is 0 Å². The van der Waals surface area contributed by atoms with Crippen LogP contribution in [0, 0.1) is 11.6 Å². The van der Waals surface area contributed by atoms with Gasteiger partial charge in [0.1, 0.15) is 11.5 Å². The molecule has 0 saturated heterocycles. The summed E-state index contributed by atoms with van der Waals surface area (Å²) in [7, 11) is 1.34. The summed E-state index contributed by atoms with van der Waals surface area (Å²) in [6.45, 7) is 7.38. The van der Waals surface area contributed by atoms with Crippen molar-refractivity contribution in [2.45, 2.75) is 37.7 Å². The minimum Gasteiger partial charge on any atom is -0.508 e. The molecule has 0 atom stereocenters. The average Bonchev–Trinajstić information content (AvgIpc) is 2.80. The number of hydrogen-bond donors (Lipinski definition) is 1. The van der Waals surface area contributed by atoms with Gasteiger partial charge < -0.3 is 14.6 Å². The summed E-state index contributed by atoms with van der Waals surface area (Å²) in [5.74, 6) is -2.41. The Labute approximate surface area is 186 Å². The molecule has 6 heteroatoms. The second-order valence-electron chi connectivity index (χ2n) is 7.94. The molecule has 3 rings (SSSR count). The molecule has 0 aromatic heterocycles. The van der Waals surface area contributed by atoms with E-state index >= 15 is 0 Å². The molecule has 1 N–H and O–H groups in total. The molecule has 0 heterocycles. The van der Waals surface area contributed by atoms with Gasteiger partial charge in [0.05, 0.1) is 19.8 Å². The summed E-state index contributed by atoms with van der Waals surface area (Å²) in [5.41, 5.74) is 1.50. The molecular formula is C26H27F3O3. The van der Waals surface area contributed by atoms with Crippen LogP contribution in [-0.4, -0.2) is 24.9 Å². The molecule has 0 aliphatic heterocycles. The number of ether oxygens (including phenoxy) is 2. The van der Waals surface area contributed by atoms with Gasteiger partial charge in [0, 0.05) is 5.56 Å². The molecule has 32 heavy (non-hydrogen) atoms. The van der Waals surface area contributed by atoms with Crippen LogP contribution in [0.25, 0.3) is 11.1 Å². The van der Waals surface area contributed by atoms with Crippen molar-refractivity contribution in [3.8, 4) is 16.9 Å². The molecule has 0 bridgehead atoms. The van der Waals surface area contributed by atoms with Gasteiger partial charge >= 0.3 is 0 Å². The van der Waals surface area contributed by atoms with Crippen molar-refractivity contribution in [3.05, 3.63) is 90.0 Å². The third kappa shape index (κ3) is 5.62. The standard InChI is InChI=1S/C26H27F3O3/c1-16(14-24(27)17(2)31-3)15-32-21-10-6-19(7-11-21)23-13-12-22(25(28)26(23)29)18-4-8-20(30)9-5-18/h4-5,8-9,12-14,19,21,30H,1-2,6-7,10-11,15H2,3H3/b24-14+. The van der Waals surface area contributed by atoms with E-state index in [0.29, 0.717) is 42.4 Å². The fraction of sp³-hybridized carbons (Fsp3) is 0.308. The largest absolute Gasteiger partial charge is 0.508 e. The van der Waals surface area contributed by atoms with Crippen LogP contribution in [0.15, 0.2) is 72.8 Å². The van der Waals surface area contributed by atoms with E-state index < -0.39 is 17.5 Å². The van der Waals surface area contributed by atoms with Gasteiger partial charge in [-0.1, -0.05) is 37.4 Å². The van der Waals surface area contributed by atoms with Crippen molar-refractivity contribution in [3.63, 3.8) is 0 Å². The van der Waals surface area contributed by atoms with Crippen LogP contribution in [0.5, 0.6) is 5.75 Å². The number of aromatic hydroxyl groups is 1. The van der Waals surface area contributed by atoms with E-state index in [4.69, 9.17) is 9.47 Å². The van der Waals surface area contributed by atoms with Crippen LogP contribution < -0.4 is 0 Å². The lowest BCUT2D eigenvalue weighted by atomic mass is 9.82. The zero-order chi connectivity index (χ0) is 23.3. The van der Waals surface area contributed by atoms with Crippen LogP contribution in [0.4, 0.5) is 13.2 Å². The van der Waals surface area contributed by atoms with Gasteiger partial charge in [0.25, 0.3) is 0 Å². The molecule has 0 radical (unpaired) electrons. The Morgan fingerprint density at radius 3 is 2.31 bits per heavy atom. The van der Waals surface area contributed by atoms with Crippen molar-refractivity contribution < 1.29 is 27.8 Å². The van der Waals surface area contributed by atoms with Crippen molar-refractivity contribution in [1.82, 2.24) is 0 Å². The monoisotopic (exact) mass is 444 g/mol. The number of benzene rings is 2. The van der Waals surface area contributed by atoms with E-state index in [-0.39, 0.29) is 35.7 Å². The first-order valence-corrected chi connectivity index (χ1v) is 10.5. The molecule has 2 aromatic carbocycles. The van der Waals surface area contributed by atoms with Crippen molar-refractivity contribution >= 4 is 0 Å². The first-order chi connectivity index (χ1) is 15.3. The van der Waals surface area contributed by atoms with Crippen LogP contribution in [0.2, 0.25) is 0 Å². The molecule has 170 valence electrons. The maximum atomic E-state index is 14.9. The fourth-order valence-electron chi connectivity index (χ4n) is 3.91. The third-order valence-corrected chi connectivity index (χ3v) is 5.75. The highest BCUT2D eigenvalue weighted by atomic mass is 19.2. The summed E-state index contributed by atoms with van der Waals surface area (Å²) >= 11 is 0.